The van der Waals surface area contributed by atoms with E-state index in [1.807, 2.05) is 0 Å². The molecule has 0 bridgehead atoms. The Morgan fingerprint density at radius 2 is 1.87 bits per heavy atom. The Kier molecular flexibility index (Phi) is 4.14. The molecule has 1 aliphatic rings. The van der Waals surface area contributed by atoms with E-state index in [1.165, 1.54) is 18.2 Å². The number of ether oxygens (including phenoxy) is 1. The minimum Gasteiger partial charge on any atom is -0.545 e. The largest absolute Gasteiger partial charge is 0.545 e. The highest BCUT2D eigenvalue weighted by Crippen LogP contribution is 2.27. The van der Waals surface area contributed by atoms with Gasteiger partial charge in [-0.2, -0.15) is 0 Å². The summed E-state index contributed by atoms with van der Waals surface area (Å²) in [6.07, 6.45) is 4.86. The molecule has 1 fully saturated rings. The van der Waals surface area contributed by atoms with E-state index in [2.05, 4.69) is 0 Å². The van der Waals surface area contributed by atoms with Gasteiger partial charge in [-0.25, -0.2) is 4.79 Å². The van der Waals surface area contributed by atoms with Crippen LogP contribution < -0.4 is 15.5 Å². The summed E-state index contributed by atoms with van der Waals surface area (Å²) < 4.78 is 10.3. The number of esters is 1. The molecule has 0 aliphatic heterocycles. The van der Waals surface area contributed by atoms with Crippen molar-refractivity contribution in [1.82, 2.24) is 0 Å². The molecule has 2 aromatic rings. The van der Waals surface area contributed by atoms with E-state index in [4.69, 9.17) is 9.15 Å². The van der Waals surface area contributed by atoms with Gasteiger partial charge in [0.25, 0.3) is 0 Å². The minimum atomic E-state index is -1.59. The van der Waals surface area contributed by atoms with Crippen LogP contribution in [0, 0.1) is 5.92 Å². The molecule has 0 spiro atoms. The fourth-order valence-corrected chi connectivity index (χ4v) is 2.84. The van der Waals surface area contributed by atoms with E-state index in [0.717, 1.165) is 32.1 Å². The van der Waals surface area contributed by atoms with Crippen molar-refractivity contribution in [3.05, 3.63) is 40.2 Å². The molecular formula is C17H15O6-. The molecule has 1 aromatic carbocycles. The van der Waals surface area contributed by atoms with Gasteiger partial charge < -0.3 is 19.1 Å². The Balaban J connectivity index is 1.85. The zero-order valence-electron chi connectivity index (χ0n) is 12.4. The van der Waals surface area contributed by atoms with Crippen LogP contribution in [0.25, 0.3) is 11.0 Å². The SMILES string of the molecule is O=C([O-])c1cc2ccc(OC(=O)C3CCCCC3)cc2oc1=O. The van der Waals surface area contributed by atoms with E-state index in [0.29, 0.717) is 5.39 Å². The first kappa shape index (κ1) is 15.3. The maximum absolute atomic E-state index is 12.1. The minimum absolute atomic E-state index is 0.0908. The summed E-state index contributed by atoms with van der Waals surface area (Å²) in [6, 6.07) is 5.68. The van der Waals surface area contributed by atoms with Crippen molar-refractivity contribution in [2.45, 2.75) is 32.1 Å². The average molecular weight is 315 g/mol. The number of carbonyl (C=O) groups is 2. The second kappa shape index (κ2) is 6.24. The molecule has 120 valence electrons. The van der Waals surface area contributed by atoms with E-state index in [-0.39, 0.29) is 23.2 Å². The first-order valence-corrected chi connectivity index (χ1v) is 7.55. The van der Waals surface area contributed by atoms with Gasteiger partial charge in [0.05, 0.1) is 17.5 Å². The van der Waals surface area contributed by atoms with Gasteiger partial charge in [0.2, 0.25) is 0 Å². The van der Waals surface area contributed by atoms with Crippen molar-refractivity contribution in [2.75, 3.05) is 0 Å². The van der Waals surface area contributed by atoms with Crippen molar-refractivity contribution in [1.29, 1.82) is 0 Å². The number of aromatic carboxylic acids is 1. The lowest BCUT2D eigenvalue weighted by Gasteiger charge is -2.19. The molecule has 6 nitrogen and oxygen atoms in total. The molecule has 1 heterocycles. The van der Waals surface area contributed by atoms with Crippen LogP contribution in [0.3, 0.4) is 0 Å². The Morgan fingerprint density at radius 1 is 1.13 bits per heavy atom. The molecule has 23 heavy (non-hydrogen) atoms. The summed E-state index contributed by atoms with van der Waals surface area (Å²) in [7, 11) is 0. The molecule has 3 rings (SSSR count). The topological polar surface area (TPSA) is 96.6 Å². The van der Waals surface area contributed by atoms with E-state index in [1.54, 1.807) is 6.07 Å². The molecule has 0 radical (unpaired) electrons. The average Bonchev–Trinajstić information content (AvgIpc) is 2.54. The van der Waals surface area contributed by atoms with E-state index >= 15 is 0 Å². The number of carboxylic acid groups (broad SMARTS) is 1. The molecule has 0 unspecified atom stereocenters. The fourth-order valence-electron chi connectivity index (χ4n) is 2.84. The Morgan fingerprint density at radius 3 is 2.57 bits per heavy atom. The van der Waals surface area contributed by atoms with Gasteiger partial charge in [-0.15, -0.1) is 0 Å². The molecule has 1 aliphatic carbocycles. The molecule has 0 saturated heterocycles. The van der Waals surface area contributed by atoms with Gasteiger partial charge in [0.15, 0.2) is 0 Å². The Labute approximate surface area is 131 Å². The quantitative estimate of drug-likeness (QED) is 0.485. The van der Waals surface area contributed by atoms with Crippen LogP contribution >= 0.6 is 0 Å². The number of benzene rings is 1. The standard InChI is InChI=1S/C17H16O6/c18-15(19)13-8-11-6-7-12(9-14(11)23-17(13)21)22-16(20)10-4-2-1-3-5-10/h6-10H,1-5H2,(H,18,19)/p-1. The number of hydrogen-bond donors (Lipinski definition) is 0. The number of rotatable bonds is 3. The maximum atomic E-state index is 12.1. The van der Waals surface area contributed by atoms with Gasteiger partial charge >= 0.3 is 11.6 Å². The lowest BCUT2D eigenvalue weighted by atomic mass is 9.89. The Hall–Kier alpha value is -2.63. The van der Waals surface area contributed by atoms with Crippen LogP contribution in [0.4, 0.5) is 0 Å². The van der Waals surface area contributed by atoms with Crippen molar-refractivity contribution in [3.63, 3.8) is 0 Å². The first-order valence-electron chi connectivity index (χ1n) is 7.55. The van der Waals surface area contributed by atoms with Crippen LogP contribution in [0.2, 0.25) is 0 Å². The van der Waals surface area contributed by atoms with Crippen LogP contribution in [0.15, 0.2) is 33.5 Å². The third-order valence-electron chi connectivity index (χ3n) is 4.08. The normalized spacial score (nSPS) is 15.5. The summed E-state index contributed by atoms with van der Waals surface area (Å²) in [5.74, 6) is -1.68. The van der Waals surface area contributed by atoms with Crippen LogP contribution in [0.5, 0.6) is 5.75 Å². The molecular weight excluding hydrogens is 300 g/mol. The van der Waals surface area contributed by atoms with Gasteiger partial charge in [-0.1, -0.05) is 19.3 Å². The van der Waals surface area contributed by atoms with E-state index < -0.39 is 17.2 Å². The van der Waals surface area contributed by atoms with Crippen molar-refractivity contribution in [2.24, 2.45) is 5.92 Å². The van der Waals surface area contributed by atoms with Gasteiger partial charge in [-0.05, 0) is 31.0 Å². The highest BCUT2D eigenvalue weighted by atomic mass is 16.5. The highest BCUT2D eigenvalue weighted by molar-refractivity contribution is 5.90. The first-order chi connectivity index (χ1) is 11.0. The predicted molar refractivity (Wildman–Crippen MR) is 79.0 cm³/mol. The van der Waals surface area contributed by atoms with Crippen LogP contribution in [-0.4, -0.2) is 11.9 Å². The molecule has 6 heteroatoms. The van der Waals surface area contributed by atoms with Crippen LogP contribution in [0.1, 0.15) is 42.5 Å². The zero-order valence-corrected chi connectivity index (χ0v) is 12.4. The van der Waals surface area contributed by atoms with Crippen LogP contribution in [-0.2, 0) is 4.79 Å². The third kappa shape index (κ3) is 3.26. The number of hydrogen-bond acceptors (Lipinski definition) is 6. The maximum Gasteiger partial charge on any atom is 0.345 e. The second-order valence-electron chi connectivity index (χ2n) is 5.69. The monoisotopic (exact) mass is 315 g/mol. The number of carbonyl (C=O) groups excluding carboxylic acids is 2. The summed E-state index contributed by atoms with van der Waals surface area (Å²) in [4.78, 5) is 34.5. The van der Waals surface area contributed by atoms with Gasteiger partial charge in [0, 0.05) is 11.5 Å². The fraction of sp³-hybridized carbons (Fsp3) is 0.353. The highest BCUT2D eigenvalue weighted by Gasteiger charge is 2.23. The molecule has 0 amide bonds. The Bertz CT molecular complexity index is 813. The summed E-state index contributed by atoms with van der Waals surface area (Å²) in [6.45, 7) is 0. The van der Waals surface area contributed by atoms with E-state index in [9.17, 15) is 19.5 Å². The molecule has 1 saturated carbocycles. The van der Waals surface area contributed by atoms with Gasteiger partial charge in [0.1, 0.15) is 11.3 Å². The summed E-state index contributed by atoms with van der Waals surface area (Å²) in [5.41, 5.74) is -1.37. The summed E-state index contributed by atoms with van der Waals surface area (Å²) >= 11 is 0. The lowest BCUT2D eigenvalue weighted by Crippen LogP contribution is -2.28. The molecule has 0 N–H and O–H groups in total. The number of carboxylic acids is 1. The van der Waals surface area contributed by atoms with Crippen molar-refractivity contribution >= 4 is 22.9 Å². The predicted octanol–water partition coefficient (Wildman–Crippen LogP) is 1.64. The zero-order chi connectivity index (χ0) is 16.4. The molecule has 0 atom stereocenters. The lowest BCUT2D eigenvalue weighted by molar-refractivity contribution is -0.255. The van der Waals surface area contributed by atoms with Crippen molar-refractivity contribution in [3.8, 4) is 5.75 Å². The third-order valence-corrected chi connectivity index (χ3v) is 4.08. The molecule has 1 aromatic heterocycles. The second-order valence-corrected chi connectivity index (χ2v) is 5.69. The number of fused-ring (bicyclic) bond motifs is 1. The smallest absolute Gasteiger partial charge is 0.345 e. The van der Waals surface area contributed by atoms with Crippen molar-refractivity contribution < 1.29 is 23.8 Å². The van der Waals surface area contributed by atoms with Gasteiger partial charge in [-0.3, -0.25) is 4.79 Å². The summed E-state index contributed by atoms with van der Waals surface area (Å²) in [5, 5.41) is 11.2.